The second kappa shape index (κ2) is 7.17. The van der Waals surface area contributed by atoms with Crippen LogP contribution in [0.5, 0.6) is 0 Å². The summed E-state index contributed by atoms with van der Waals surface area (Å²) in [5.74, 6) is 0.189. The highest BCUT2D eigenvalue weighted by atomic mass is 32.2. The fraction of sp³-hybridized carbons (Fsp3) is 1.00. The van der Waals surface area contributed by atoms with Crippen LogP contribution in [0.15, 0.2) is 0 Å². The molecular weight excluding hydrogens is 204 g/mol. The van der Waals surface area contributed by atoms with Gasteiger partial charge in [0.05, 0.1) is 12.4 Å². The summed E-state index contributed by atoms with van der Waals surface area (Å²) in [6.07, 6.45) is 0.635. The molecule has 0 rings (SSSR count). The smallest absolute Gasteiger partial charge is 0.213 e. The first-order valence-electron chi connectivity index (χ1n) is 4.62. The summed E-state index contributed by atoms with van der Waals surface area (Å²) in [4.78, 5) is 0. The van der Waals surface area contributed by atoms with Crippen LogP contribution in [0.3, 0.4) is 0 Å². The predicted molar refractivity (Wildman–Crippen MR) is 56.8 cm³/mol. The van der Waals surface area contributed by atoms with E-state index in [0.29, 0.717) is 19.6 Å². The average Bonchev–Trinajstić information content (AvgIpc) is 2.14. The molecule has 0 saturated heterocycles. The lowest BCUT2D eigenvalue weighted by Gasteiger charge is -2.16. The van der Waals surface area contributed by atoms with Crippen molar-refractivity contribution in [3.8, 4) is 0 Å². The highest BCUT2D eigenvalue weighted by Crippen LogP contribution is 1.99. The summed E-state index contributed by atoms with van der Waals surface area (Å²) < 4.78 is 29.3. The van der Waals surface area contributed by atoms with Gasteiger partial charge in [0.25, 0.3) is 0 Å². The van der Waals surface area contributed by atoms with Gasteiger partial charge < -0.3 is 10.1 Å². The third-order valence-electron chi connectivity index (χ3n) is 1.91. The monoisotopic (exact) mass is 224 g/mol. The Hall–Kier alpha value is -0.170. The van der Waals surface area contributed by atoms with E-state index in [1.165, 1.54) is 4.31 Å². The fourth-order valence-electron chi connectivity index (χ4n) is 0.946. The van der Waals surface area contributed by atoms with Gasteiger partial charge >= 0.3 is 0 Å². The zero-order chi connectivity index (χ0) is 11.0. The molecule has 14 heavy (non-hydrogen) atoms. The number of nitrogens with one attached hydrogen (secondary N) is 1. The molecule has 0 saturated carbocycles. The van der Waals surface area contributed by atoms with Crippen molar-refractivity contribution in [1.29, 1.82) is 0 Å². The van der Waals surface area contributed by atoms with Crippen molar-refractivity contribution in [2.45, 2.75) is 6.42 Å². The van der Waals surface area contributed by atoms with E-state index in [1.807, 2.05) is 0 Å². The fourth-order valence-corrected chi connectivity index (χ4v) is 2.12. The lowest BCUT2D eigenvalue weighted by molar-refractivity contribution is 0.185. The van der Waals surface area contributed by atoms with Gasteiger partial charge in [-0.2, -0.15) is 0 Å². The van der Waals surface area contributed by atoms with Gasteiger partial charge in [-0.25, -0.2) is 12.7 Å². The predicted octanol–water partition coefficient (Wildman–Crippen LogP) is -0.496. The largest absolute Gasteiger partial charge is 0.383 e. The number of hydrogen-bond acceptors (Lipinski definition) is 4. The molecule has 0 aliphatic carbocycles. The van der Waals surface area contributed by atoms with Crippen molar-refractivity contribution in [2.24, 2.45) is 0 Å². The molecule has 0 spiro atoms. The number of hydrogen-bond donors (Lipinski definition) is 1. The molecule has 0 fully saturated rings. The lowest BCUT2D eigenvalue weighted by Crippen LogP contribution is -2.32. The van der Waals surface area contributed by atoms with E-state index in [-0.39, 0.29) is 5.75 Å². The lowest BCUT2D eigenvalue weighted by atomic mass is 10.5. The molecule has 5 nitrogen and oxygen atoms in total. The van der Waals surface area contributed by atoms with Crippen molar-refractivity contribution in [3.63, 3.8) is 0 Å². The first-order valence-corrected chi connectivity index (χ1v) is 6.23. The number of methoxy groups -OCH3 is 1. The van der Waals surface area contributed by atoms with Gasteiger partial charge in [0.2, 0.25) is 10.0 Å². The van der Waals surface area contributed by atoms with Gasteiger partial charge in [-0.3, -0.25) is 0 Å². The Morgan fingerprint density at radius 2 is 2.07 bits per heavy atom. The Bertz CT molecular complexity index is 229. The van der Waals surface area contributed by atoms with E-state index < -0.39 is 10.0 Å². The van der Waals surface area contributed by atoms with E-state index >= 15 is 0 Å². The summed E-state index contributed by atoms with van der Waals surface area (Å²) >= 11 is 0. The van der Waals surface area contributed by atoms with Crippen molar-refractivity contribution in [1.82, 2.24) is 9.62 Å². The molecule has 0 unspecified atom stereocenters. The molecule has 0 aliphatic heterocycles. The van der Waals surface area contributed by atoms with Gasteiger partial charge in [-0.15, -0.1) is 0 Å². The van der Waals surface area contributed by atoms with Gasteiger partial charge in [-0.05, 0) is 20.0 Å². The van der Waals surface area contributed by atoms with Crippen LogP contribution in [-0.2, 0) is 14.8 Å². The van der Waals surface area contributed by atoms with Gasteiger partial charge in [0.1, 0.15) is 0 Å². The van der Waals surface area contributed by atoms with Crippen LogP contribution in [0.2, 0.25) is 0 Å². The Morgan fingerprint density at radius 1 is 1.43 bits per heavy atom. The second-order valence-corrected chi connectivity index (χ2v) is 5.28. The molecule has 0 aliphatic rings. The summed E-state index contributed by atoms with van der Waals surface area (Å²) in [6, 6.07) is 0. The Labute approximate surface area is 86.5 Å². The number of ether oxygens (including phenoxy) is 1. The molecule has 0 radical (unpaired) electrons. The minimum atomic E-state index is -3.09. The van der Waals surface area contributed by atoms with E-state index in [4.69, 9.17) is 4.74 Å². The van der Waals surface area contributed by atoms with Crippen LogP contribution in [0.1, 0.15) is 6.42 Å². The molecule has 0 aromatic heterocycles. The van der Waals surface area contributed by atoms with Crippen molar-refractivity contribution in [2.75, 3.05) is 46.7 Å². The van der Waals surface area contributed by atoms with Crippen molar-refractivity contribution < 1.29 is 13.2 Å². The highest BCUT2D eigenvalue weighted by Gasteiger charge is 2.16. The Kier molecular flexibility index (Phi) is 7.08. The first kappa shape index (κ1) is 13.8. The second-order valence-electron chi connectivity index (χ2n) is 3.09. The highest BCUT2D eigenvalue weighted by molar-refractivity contribution is 7.89. The van der Waals surface area contributed by atoms with Crippen LogP contribution < -0.4 is 5.32 Å². The van der Waals surface area contributed by atoms with Crippen LogP contribution in [-0.4, -0.2) is 59.4 Å². The van der Waals surface area contributed by atoms with Crippen LogP contribution in [0, 0.1) is 0 Å². The van der Waals surface area contributed by atoms with Gasteiger partial charge in [0, 0.05) is 20.7 Å². The van der Waals surface area contributed by atoms with Crippen LogP contribution in [0.4, 0.5) is 0 Å². The molecule has 1 N–H and O–H groups in total. The average molecular weight is 224 g/mol. The number of rotatable bonds is 8. The quantitative estimate of drug-likeness (QED) is 0.565. The third kappa shape index (κ3) is 5.54. The topological polar surface area (TPSA) is 58.6 Å². The molecule has 0 atom stereocenters. The molecular formula is C8H20N2O3S. The number of likely N-dealkylation sites (N-methyl/N-ethyl adjacent to an activating group) is 1. The zero-order valence-corrected chi connectivity index (χ0v) is 9.93. The number of sulfonamides is 1. The Balaban J connectivity index is 3.91. The summed E-state index contributed by atoms with van der Waals surface area (Å²) in [7, 11) is 1.85. The summed E-state index contributed by atoms with van der Waals surface area (Å²) in [5.41, 5.74) is 0. The summed E-state index contributed by atoms with van der Waals surface area (Å²) in [6.45, 7) is 1.57. The maximum Gasteiger partial charge on any atom is 0.213 e. The molecule has 6 heteroatoms. The number of nitrogens with zero attached hydrogens (tertiary/aromatic N) is 1. The van der Waals surface area contributed by atoms with E-state index in [9.17, 15) is 8.42 Å². The SMILES string of the molecule is CNCCCS(=O)(=O)N(C)CCOC. The van der Waals surface area contributed by atoms with Crippen molar-refractivity contribution >= 4 is 10.0 Å². The van der Waals surface area contributed by atoms with Gasteiger partial charge in [-0.1, -0.05) is 0 Å². The van der Waals surface area contributed by atoms with Crippen LogP contribution >= 0.6 is 0 Å². The molecule has 0 aromatic rings. The molecule has 0 heterocycles. The Morgan fingerprint density at radius 3 is 2.57 bits per heavy atom. The molecule has 0 amide bonds. The maximum absolute atomic E-state index is 11.6. The molecule has 0 bridgehead atoms. The molecule has 86 valence electrons. The zero-order valence-electron chi connectivity index (χ0n) is 9.12. The van der Waals surface area contributed by atoms with Crippen LogP contribution in [0.25, 0.3) is 0 Å². The van der Waals surface area contributed by atoms with Gasteiger partial charge in [0.15, 0.2) is 0 Å². The standard InChI is InChI=1S/C8H20N2O3S/c1-9-5-4-8-14(11,12)10(2)6-7-13-3/h9H,4-8H2,1-3H3. The van der Waals surface area contributed by atoms with E-state index in [1.54, 1.807) is 21.2 Å². The third-order valence-corrected chi connectivity index (χ3v) is 3.85. The normalized spacial score (nSPS) is 12.3. The minimum absolute atomic E-state index is 0.189. The minimum Gasteiger partial charge on any atom is -0.383 e. The van der Waals surface area contributed by atoms with E-state index in [2.05, 4.69) is 5.32 Å². The van der Waals surface area contributed by atoms with E-state index in [0.717, 1.165) is 6.54 Å². The molecule has 0 aromatic carbocycles. The first-order chi connectivity index (χ1) is 6.54. The van der Waals surface area contributed by atoms with Crippen molar-refractivity contribution in [3.05, 3.63) is 0 Å². The maximum atomic E-state index is 11.6. The summed E-state index contributed by atoms with van der Waals surface area (Å²) in [5, 5.41) is 2.91.